The van der Waals surface area contributed by atoms with Gasteiger partial charge in [-0.15, -0.1) is 0 Å². The van der Waals surface area contributed by atoms with Gasteiger partial charge in [0.25, 0.3) is 0 Å². The summed E-state index contributed by atoms with van der Waals surface area (Å²) in [4.78, 5) is 4.94. The Labute approximate surface area is 194 Å². The lowest BCUT2D eigenvalue weighted by Crippen LogP contribution is -2.41. The molecular weight excluding hydrogens is 390 g/mol. The molecule has 32 heavy (non-hydrogen) atoms. The monoisotopic (exact) mass is 429 g/mol. The van der Waals surface area contributed by atoms with Crippen LogP contribution >= 0.6 is 0 Å². The van der Waals surface area contributed by atoms with E-state index in [0.29, 0.717) is 17.7 Å². The Morgan fingerprint density at radius 1 is 1.16 bits per heavy atom. The van der Waals surface area contributed by atoms with E-state index < -0.39 is 0 Å². The Balaban J connectivity index is 1.67. The molecule has 4 rings (SSSR count). The van der Waals surface area contributed by atoms with E-state index in [0.717, 1.165) is 42.0 Å². The Bertz CT molecular complexity index is 1020. The molecule has 1 aromatic heterocycles. The molecule has 3 N–H and O–H groups in total. The van der Waals surface area contributed by atoms with Gasteiger partial charge in [0.15, 0.2) is 0 Å². The second-order valence-corrected chi connectivity index (χ2v) is 9.87. The van der Waals surface area contributed by atoms with Gasteiger partial charge in [-0.3, -0.25) is 4.98 Å². The molecule has 3 nitrogen and oxygen atoms in total. The van der Waals surface area contributed by atoms with Crippen LogP contribution in [0.5, 0.6) is 0 Å². The van der Waals surface area contributed by atoms with Crippen molar-refractivity contribution < 1.29 is 0 Å². The van der Waals surface area contributed by atoms with Crippen molar-refractivity contribution in [3.05, 3.63) is 47.3 Å². The first kappa shape index (κ1) is 22.9. The van der Waals surface area contributed by atoms with Gasteiger partial charge in [-0.25, -0.2) is 0 Å². The third kappa shape index (κ3) is 5.18. The Morgan fingerprint density at radius 3 is 2.72 bits per heavy atom. The highest BCUT2D eigenvalue weighted by Crippen LogP contribution is 2.30. The molecule has 3 heteroatoms. The molecule has 2 unspecified atom stereocenters. The van der Waals surface area contributed by atoms with Crippen LogP contribution in [-0.2, 0) is 6.42 Å². The summed E-state index contributed by atoms with van der Waals surface area (Å²) in [6.45, 7) is 9.58. The standard InChI is InChI=1S/C29H39N3/c1-4-23-11-8-16-31-28(23)14-15-29-27-17-20(2)25(21(3)30)18-26(27)24(19-32-29)13-12-22-9-6-5-7-10-22/h17-19,22-23,28,31H,3-11,14-16,30H2,1-2H3. The minimum atomic E-state index is 0.524. The average Bonchev–Trinajstić information content (AvgIpc) is 2.82. The lowest BCUT2D eigenvalue weighted by Gasteiger charge is -2.32. The van der Waals surface area contributed by atoms with Gasteiger partial charge in [-0.1, -0.05) is 51.0 Å². The van der Waals surface area contributed by atoms with Crippen LogP contribution in [-0.4, -0.2) is 17.6 Å². The van der Waals surface area contributed by atoms with E-state index in [-0.39, 0.29) is 0 Å². The highest BCUT2D eigenvalue weighted by Gasteiger charge is 2.23. The lowest BCUT2D eigenvalue weighted by atomic mass is 9.85. The summed E-state index contributed by atoms with van der Waals surface area (Å²) in [5.41, 5.74) is 11.1. The highest BCUT2D eigenvalue weighted by molar-refractivity contribution is 5.93. The average molecular weight is 430 g/mol. The van der Waals surface area contributed by atoms with Crippen molar-refractivity contribution in [1.82, 2.24) is 10.3 Å². The van der Waals surface area contributed by atoms with Crippen LogP contribution in [0.15, 0.2) is 24.9 Å². The summed E-state index contributed by atoms with van der Waals surface area (Å²) in [7, 11) is 0. The van der Waals surface area contributed by atoms with Crippen LogP contribution in [0.4, 0.5) is 0 Å². The maximum Gasteiger partial charge on any atom is 0.0507 e. The molecule has 2 aliphatic rings. The van der Waals surface area contributed by atoms with Gasteiger partial charge in [-0.05, 0) is 75.6 Å². The van der Waals surface area contributed by atoms with Crippen molar-refractivity contribution in [1.29, 1.82) is 0 Å². The number of benzene rings is 1. The van der Waals surface area contributed by atoms with Crippen LogP contribution in [0.2, 0.25) is 0 Å². The van der Waals surface area contributed by atoms with Crippen LogP contribution in [0.1, 0.15) is 87.1 Å². The fourth-order valence-corrected chi connectivity index (χ4v) is 5.66. The SMILES string of the molecule is C=C(N)c1cc2c(C#CC3CCCCC3)cnc(CCC3NCCCC3CC)c2cc1C. The van der Waals surface area contributed by atoms with E-state index in [9.17, 15) is 0 Å². The van der Waals surface area contributed by atoms with Gasteiger partial charge in [0, 0.05) is 45.9 Å². The molecule has 1 saturated carbocycles. The van der Waals surface area contributed by atoms with E-state index in [1.807, 2.05) is 6.20 Å². The molecule has 170 valence electrons. The molecule has 1 saturated heterocycles. The normalized spacial score (nSPS) is 21.8. The van der Waals surface area contributed by atoms with Gasteiger partial charge >= 0.3 is 0 Å². The molecule has 1 aliphatic carbocycles. The number of aromatic nitrogens is 1. The minimum Gasteiger partial charge on any atom is -0.399 e. The number of hydrogen-bond acceptors (Lipinski definition) is 3. The number of nitrogens with one attached hydrogen (secondary N) is 1. The van der Waals surface area contributed by atoms with Crippen LogP contribution in [0.25, 0.3) is 16.5 Å². The molecule has 0 spiro atoms. The lowest BCUT2D eigenvalue weighted by molar-refractivity contribution is 0.260. The smallest absolute Gasteiger partial charge is 0.0507 e. The summed E-state index contributed by atoms with van der Waals surface area (Å²) in [5.74, 6) is 8.36. The molecule has 2 atom stereocenters. The molecular formula is C29H39N3. The van der Waals surface area contributed by atoms with Gasteiger partial charge in [-0.2, -0.15) is 0 Å². The fourth-order valence-electron chi connectivity index (χ4n) is 5.66. The molecule has 0 amide bonds. The molecule has 2 fully saturated rings. The maximum absolute atomic E-state index is 6.12. The topological polar surface area (TPSA) is 50.9 Å². The molecule has 2 aromatic rings. The number of pyridine rings is 1. The molecule has 0 radical (unpaired) electrons. The minimum absolute atomic E-state index is 0.524. The summed E-state index contributed by atoms with van der Waals surface area (Å²) < 4.78 is 0. The van der Waals surface area contributed by atoms with Crippen LogP contribution in [0.3, 0.4) is 0 Å². The highest BCUT2D eigenvalue weighted by atomic mass is 14.9. The van der Waals surface area contributed by atoms with Gasteiger partial charge in [0.1, 0.15) is 0 Å². The van der Waals surface area contributed by atoms with Crippen molar-refractivity contribution in [2.75, 3.05) is 6.54 Å². The zero-order chi connectivity index (χ0) is 22.5. The number of rotatable bonds is 5. The Kier molecular flexibility index (Phi) is 7.53. The summed E-state index contributed by atoms with van der Waals surface area (Å²) in [6, 6.07) is 5.04. The van der Waals surface area contributed by atoms with E-state index in [2.05, 4.69) is 49.7 Å². The Hall–Kier alpha value is -2.31. The number of piperidine rings is 1. The second kappa shape index (κ2) is 10.5. The predicted octanol–water partition coefficient (Wildman–Crippen LogP) is 6.12. The largest absolute Gasteiger partial charge is 0.399 e. The number of nitrogens with zero attached hydrogens (tertiary/aromatic N) is 1. The first-order chi connectivity index (χ1) is 15.6. The van der Waals surface area contributed by atoms with Crippen LogP contribution < -0.4 is 11.1 Å². The Morgan fingerprint density at radius 2 is 1.97 bits per heavy atom. The van der Waals surface area contributed by atoms with Crippen molar-refractivity contribution in [3.8, 4) is 11.8 Å². The van der Waals surface area contributed by atoms with Crippen LogP contribution in [0, 0.1) is 30.6 Å². The van der Waals surface area contributed by atoms with Gasteiger partial charge < -0.3 is 11.1 Å². The molecule has 1 aliphatic heterocycles. The van der Waals surface area contributed by atoms with Gasteiger partial charge in [0.05, 0.1) is 5.56 Å². The zero-order valence-corrected chi connectivity index (χ0v) is 20.0. The van der Waals surface area contributed by atoms with Crippen molar-refractivity contribution in [2.24, 2.45) is 17.6 Å². The van der Waals surface area contributed by atoms with E-state index in [1.165, 1.54) is 67.8 Å². The third-order valence-electron chi connectivity index (χ3n) is 7.62. The molecule has 2 heterocycles. The number of nitrogens with two attached hydrogens (primary N) is 1. The van der Waals surface area contributed by atoms with E-state index in [1.54, 1.807) is 0 Å². The number of fused-ring (bicyclic) bond motifs is 1. The third-order valence-corrected chi connectivity index (χ3v) is 7.62. The quantitative estimate of drug-likeness (QED) is 0.563. The van der Waals surface area contributed by atoms with Crippen molar-refractivity contribution in [3.63, 3.8) is 0 Å². The number of hydrogen-bond donors (Lipinski definition) is 2. The summed E-state index contributed by atoms with van der Waals surface area (Å²) in [6.07, 6.45) is 14.5. The molecule has 1 aromatic carbocycles. The van der Waals surface area contributed by atoms with E-state index in [4.69, 9.17) is 10.7 Å². The predicted molar refractivity (Wildman–Crippen MR) is 136 cm³/mol. The summed E-state index contributed by atoms with van der Waals surface area (Å²) in [5, 5.41) is 6.17. The fraction of sp³-hybridized carbons (Fsp3) is 0.552. The summed E-state index contributed by atoms with van der Waals surface area (Å²) >= 11 is 0. The van der Waals surface area contributed by atoms with Crippen molar-refractivity contribution in [2.45, 2.75) is 84.1 Å². The maximum atomic E-state index is 6.12. The second-order valence-electron chi connectivity index (χ2n) is 9.87. The van der Waals surface area contributed by atoms with Crippen molar-refractivity contribution >= 4 is 16.5 Å². The number of aryl methyl sites for hydroxylation is 2. The van der Waals surface area contributed by atoms with E-state index >= 15 is 0 Å². The zero-order valence-electron chi connectivity index (χ0n) is 20.0. The van der Waals surface area contributed by atoms with Gasteiger partial charge in [0.2, 0.25) is 0 Å². The first-order valence-electron chi connectivity index (χ1n) is 12.7. The molecule has 0 bridgehead atoms. The first-order valence-corrected chi connectivity index (χ1v) is 12.7.